The second kappa shape index (κ2) is 8.84. The van der Waals surface area contributed by atoms with Gasteiger partial charge in [0, 0.05) is 29.2 Å². The van der Waals surface area contributed by atoms with Gasteiger partial charge in [-0.05, 0) is 64.5 Å². The molecule has 1 fully saturated rings. The van der Waals surface area contributed by atoms with Crippen molar-refractivity contribution in [1.82, 2.24) is 14.7 Å². The van der Waals surface area contributed by atoms with Gasteiger partial charge in [-0.1, -0.05) is 0 Å². The molecule has 0 unspecified atom stereocenters. The van der Waals surface area contributed by atoms with Crippen LogP contribution >= 0.6 is 11.3 Å². The molecular formula is C19H27FN4O2S2. The van der Waals surface area contributed by atoms with E-state index in [0.29, 0.717) is 18.5 Å². The molecule has 1 aliphatic carbocycles. The highest BCUT2D eigenvalue weighted by Gasteiger charge is 2.24. The molecule has 0 saturated heterocycles. The molecule has 2 aromatic heterocycles. The van der Waals surface area contributed by atoms with Gasteiger partial charge in [-0.15, -0.1) is 11.3 Å². The fourth-order valence-corrected chi connectivity index (χ4v) is 5.04. The molecule has 0 radical (unpaired) electrons. The van der Waals surface area contributed by atoms with Crippen LogP contribution in [0.15, 0.2) is 18.3 Å². The minimum Gasteiger partial charge on any atom is -0.359 e. The van der Waals surface area contributed by atoms with E-state index in [-0.39, 0.29) is 0 Å². The summed E-state index contributed by atoms with van der Waals surface area (Å²) in [5.41, 5.74) is 1.64. The molecule has 3 rings (SSSR count). The van der Waals surface area contributed by atoms with Crippen LogP contribution in [0.2, 0.25) is 0 Å². The number of aromatic nitrogens is 2. The Kier molecular flexibility index (Phi) is 6.67. The molecule has 9 heteroatoms. The number of rotatable bonds is 7. The SMILES string of the molecule is Cc1sc(NC2CCC(CNS(=O)(=O)C(C)C)CC2)nc1-c1ccc(F)nc1. The lowest BCUT2D eigenvalue weighted by molar-refractivity contribution is 0.337. The van der Waals surface area contributed by atoms with Crippen molar-refractivity contribution in [2.24, 2.45) is 5.92 Å². The summed E-state index contributed by atoms with van der Waals surface area (Å²) in [6.07, 6.45) is 5.44. The molecule has 0 atom stereocenters. The third kappa shape index (κ3) is 5.27. The molecule has 2 heterocycles. The number of anilines is 1. The smallest absolute Gasteiger partial charge is 0.213 e. The van der Waals surface area contributed by atoms with Gasteiger partial charge in [0.25, 0.3) is 0 Å². The van der Waals surface area contributed by atoms with Gasteiger partial charge in [0.1, 0.15) is 0 Å². The highest BCUT2D eigenvalue weighted by atomic mass is 32.2. The number of halogens is 1. The quantitative estimate of drug-likeness (QED) is 0.655. The molecule has 28 heavy (non-hydrogen) atoms. The van der Waals surface area contributed by atoms with Crippen LogP contribution in [0.1, 0.15) is 44.4 Å². The molecular weight excluding hydrogens is 399 g/mol. The highest BCUT2D eigenvalue weighted by Crippen LogP contribution is 2.32. The predicted molar refractivity (Wildman–Crippen MR) is 111 cm³/mol. The maximum Gasteiger partial charge on any atom is 0.213 e. The lowest BCUT2D eigenvalue weighted by Gasteiger charge is -2.29. The van der Waals surface area contributed by atoms with Crippen LogP contribution in [0.3, 0.4) is 0 Å². The number of sulfonamides is 1. The topological polar surface area (TPSA) is 84.0 Å². The van der Waals surface area contributed by atoms with E-state index in [1.807, 2.05) is 6.92 Å². The standard InChI is InChI=1S/C19H27FN4O2S2/c1-12(2)28(25,26)22-10-14-4-7-16(8-5-14)23-19-24-18(13(3)27-19)15-6-9-17(20)21-11-15/h6,9,11-12,14,16,22H,4-5,7-8,10H2,1-3H3,(H,23,24). The van der Waals surface area contributed by atoms with E-state index in [4.69, 9.17) is 0 Å². The Morgan fingerprint density at radius 2 is 1.96 bits per heavy atom. The lowest BCUT2D eigenvalue weighted by atomic mass is 9.86. The Morgan fingerprint density at radius 3 is 2.57 bits per heavy atom. The van der Waals surface area contributed by atoms with Crippen LogP contribution in [0.4, 0.5) is 9.52 Å². The Labute approximate surface area is 170 Å². The first-order valence-electron chi connectivity index (χ1n) is 9.59. The van der Waals surface area contributed by atoms with E-state index in [1.54, 1.807) is 31.3 Å². The van der Waals surface area contributed by atoms with Crippen molar-refractivity contribution in [3.63, 3.8) is 0 Å². The molecule has 0 aliphatic heterocycles. The van der Waals surface area contributed by atoms with Gasteiger partial charge in [-0.2, -0.15) is 4.39 Å². The van der Waals surface area contributed by atoms with Crippen LogP contribution in [0, 0.1) is 18.8 Å². The lowest BCUT2D eigenvalue weighted by Crippen LogP contribution is -2.37. The zero-order valence-corrected chi connectivity index (χ0v) is 18.0. The molecule has 154 valence electrons. The van der Waals surface area contributed by atoms with E-state index < -0.39 is 21.2 Å². The molecule has 1 saturated carbocycles. The highest BCUT2D eigenvalue weighted by molar-refractivity contribution is 7.90. The molecule has 0 aromatic carbocycles. The number of thiazole rings is 1. The molecule has 2 N–H and O–H groups in total. The first-order chi connectivity index (χ1) is 13.2. The summed E-state index contributed by atoms with van der Waals surface area (Å²) in [5.74, 6) is -0.118. The minimum absolute atomic E-state index is 0.336. The summed E-state index contributed by atoms with van der Waals surface area (Å²) in [6, 6.07) is 3.37. The van der Waals surface area contributed by atoms with Gasteiger partial charge in [0.2, 0.25) is 16.0 Å². The summed E-state index contributed by atoms with van der Waals surface area (Å²) < 4.78 is 39.5. The second-order valence-electron chi connectivity index (χ2n) is 7.60. The molecule has 1 aliphatic rings. The summed E-state index contributed by atoms with van der Waals surface area (Å²) in [5, 5.41) is 3.97. The van der Waals surface area contributed by atoms with E-state index in [9.17, 15) is 12.8 Å². The third-order valence-electron chi connectivity index (χ3n) is 5.17. The van der Waals surface area contributed by atoms with Gasteiger partial charge in [0.05, 0.1) is 10.9 Å². The van der Waals surface area contributed by atoms with Crippen molar-refractivity contribution in [3.8, 4) is 11.3 Å². The minimum atomic E-state index is -3.19. The Bertz CT molecular complexity index is 889. The predicted octanol–water partition coefficient (Wildman–Crippen LogP) is 3.95. The van der Waals surface area contributed by atoms with Crippen LogP contribution in [-0.4, -0.2) is 36.2 Å². The first-order valence-corrected chi connectivity index (χ1v) is 11.9. The van der Waals surface area contributed by atoms with Crippen LogP contribution in [-0.2, 0) is 10.0 Å². The Hall–Kier alpha value is -1.58. The summed E-state index contributed by atoms with van der Waals surface area (Å²) >= 11 is 1.59. The fourth-order valence-electron chi connectivity index (χ4n) is 3.33. The van der Waals surface area contributed by atoms with Crippen LogP contribution < -0.4 is 10.0 Å². The van der Waals surface area contributed by atoms with Gasteiger partial charge in [0.15, 0.2) is 5.13 Å². The van der Waals surface area contributed by atoms with Gasteiger partial charge in [-0.3, -0.25) is 0 Å². The van der Waals surface area contributed by atoms with E-state index in [0.717, 1.165) is 46.9 Å². The number of hydrogen-bond donors (Lipinski definition) is 2. The van der Waals surface area contributed by atoms with Crippen molar-refractivity contribution in [1.29, 1.82) is 0 Å². The van der Waals surface area contributed by atoms with Crippen LogP contribution in [0.5, 0.6) is 0 Å². The van der Waals surface area contributed by atoms with Crippen molar-refractivity contribution < 1.29 is 12.8 Å². The van der Waals surface area contributed by atoms with Crippen molar-refractivity contribution in [2.45, 2.75) is 57.7 Å². The number of pyridine rings is 1. The second-order valence-corrected chi connectivity index (χ2v) is 11.1. The zero-order valence-electron chi connectivity index (χ0n) is 16.4. The average molecular weight is 427 g/mol. The van der Waals surface area contributed by atoms with E-state index in [2.05, 4.69) is 20.0 Å². The maximum atomic E-state index is 13.0. The van der Waals surface area contributed by atoms with Crippen molar-refractivity contribution in [2.75, 3.05) is 11.9 Å². The molecule has 0 bridgehead atoms. The van der Waals surface area contributed by atoms with Crippen molar-refractivity contribution in [3.05, 3.63) is 29.2 Å². The van der Waals surface area contributed by atoms with E-state index >= 15 is 0 Å². The normalized spacial score (nSPS) is 20.5. The molecule has 0 spiro atoms. The molecule has 2 aromatic rings. The maximum absolute atomic E-state index is 13.0. The van der Waals surface area contributed by atoms with Gasteiger partial charge < -0.3 is 5.32 Å². The Balaban J connectivity index is 1.53. The Morgan fingerprint density at radius 1 is 1.25 bits per heavy atom. The third-order valence-corrected chi connectivity index (χ3v) is 7.88. The summed E-state index contributed by atoms with van der Waals surface area (Å²) in [4.78, 5) is 9.43. The molecule has 6 nitrogen and oxygen atoms in total. The number of aryl methyl sites for hydroxylation is 1. The zero-order chi connectivity index (χ0) is 20.3. The van der Waals surface area contributed by atoms with Crippen LogP contribution in [0.25, 0.3) is 11.3 Å². The van der Waals surface area contributed by atoms with Crippen molar-refractivity contribution >= 4 is 26.5 Å². The summed E-state index contributed by atoms with van der Waals surface area (Å²) in [6.45, 7) is 5.90. The largest absolute Gasteiger partial charge is 0.359 e. The number of hydrogen-bond acceptors (Lipinski definition) is 6. The first kappa shape index (κ1) is 21.1. The monoisotopic (exact) mass is 426 g/mol. The molecule has 0 amide bonds. The summed E-state index contributed by atoms with van der Waals surface area (Å²) in [7, 11) is -3.19. The van der Waals surface area contributed by atoms with E-state index in [1.165, 1.54) is 12.3 Å². The number of nitrogens with zero attached hydrogens (tertiary/aromatic N) is 2. The number of nitrogens with one attached hydrogen (secondary N) is 2. The van der Waals surface area contributed by atoms with Gasteiger partial charge >= 0.3 is 0 Å². The van der Waals surface area contributed by atoms with Gasteiger partial charge in [-0.25, -0.2) is 23.1 Å². The average Bonchev–Trinajstić information content (AvgIpc) is 3.02. The fraction of sp³-hybridized carbons (Fsp3) is 0.579.